The highest BCUT2D eigenvalue weighted by molar-refractivity contribution is 5.82. The maximum atomic E-state index is 11.7. The summed E-state index contributed by atoms with van der Waals surface area (Å²) in [6.45, 7) is 4.54. The van der Waals surface area contributed by atoms with Gasteiger partial charge < -0.3 is 20.1 Å². The first-order chi connectivity index (χ1) is 7.93. The van der Waals surface area contributed by atoms with Gasteiger partial charge in [-0.05, 0) is 5.92 Å². The lowest BCUT2D eigenvalue weighted by atomic mass is 9.99. The molecule has 0 bridgehead atoms. The van der Waals surface area contributed by atoms with Gasteiger partial charge in [-0.1, -0.05) is 20.3 Å². The Labute approximate surface area is 102 Å². The van der Waals surface area contributed by atoms with E-state index in [1.165, 1.54) is 4.90 Å². The maximum Gasteiger partial charge on any atom is 0.326 e. The Bertz CT molecular complexity index is 258. The standard InChI is InChI=1S/C11H22N2O4/c1-5-8(2)9(10(14)15)12-11(16)13(3)6-7-17-4/h8-9H,5-7H2,1-4H3,(H,12,16)(H,14,15)/t8?,9-/m0/s1. The molecule has 0 aromatic carbocycles. The van der Waals surface area contributed by atoms with Crippen LogP contribution in [0, 0.1) is 5.92 Å². The van der Waals surface area contributed by atoms with Gasteiger partial charge >= 0.3 is 12.0 Å². The topological polar surface area (TPSA) is 78.9 Å². The van der Waals surface area contributed by atoms with Gasteiger partial charge in [0.1, 0.15) is 6.04 Å². The second-order valence-electron chi connectivity index (χ2n) is 4.07. The number of methoxy groups -OCH3 is 1. The number of hydrogen-bond donors (Lipinski definition) is 2. The summed E-state index contributed by atoms with van der Waals surface area (Å²) in [5, 5.41) is 11.5. The number of carbonyl (C=O) groups excluding carboxylic acids is 1. The van der Waals surface area contributed by atoms with Crippen LogP contribution in [0.15, 0.2) is 0 Å². The highest BCUT2D eigenvalue weighted by atomic mass is 16.5. The molecule has 0 aliphatic heterocycles. The van der Waals surface area contributed by atoms with Crippen molar-refractivity contribution in [3.05, 3.63) is 0 Å². The van der Waals surface area contributed by atoms with Gasteiger partial charge in [0.05, 0.1) is 6.61 Å². The van der Waals surface area contributed by atoms with Crippen molar-refractivity contribution in [3.63, 3.8) is 0 Å². The molecule has 0 heterocycles. The van der Waals surface area contributed by atoms with Crippen LogP contribution in [-0.2, 0) is 9.53 Å². The van der Waals surface area contributed by atoms with Gasteiger partial charge in [0.25, 0.3) is 0 Å². The van der Waals surface area contributed by atoms with Crippen molar-refractivity contribution in [2.24, 2.45) is 5.92 Å². The zero-order valence-electron chi connectivity index (χ0n) is 10.9. The van der Waals surface area contributed by atoms with Crippen LogP contribution in [0.3, 0.4) is 0 Å². The summed E-state index contributed by atoms with van der Waals surface area (Å²) < 4.78 is 4.85. The van der Waals surface area contributed by atoms with Crippen molar-refractivity contribution >= 4 is 12.0 Å². The van der Waals surface area contributed by atoms with Crippen molar-refractivity contribution in [1.82, 2.24) is 10.2 Å². The van der Waals surface area contributed by atoms with E-state index in [-0.39, 0.29) is 5.92 Å². The van der Waals surface area contributed by atoms with Crippen LogP contribution in [0.2, 0.25) is 0 Å². The molecule has 17 heavy (non-hydrogen) atoms. The van der Waals surface area contributed by atoms with Gasteiger partial charge in [-0.3, -0.25) is 0 Å². The lowest BCUT2D eigenvalue weighted by molar-refractivity contribution is -0.140. The predicted octanol–water partition coefficient (Wildman–Crippen LogP) is 0.773. The zero-order valence-corrected chi connectivity index (χ0v) is 10.9. The lowest BCUT2D eigenvalue weighted by Gasteiger charge is -2.24. The maximum absolute atomic E-state index is 11.7. The number of aliphatic carboxylic acids is 1. The average molecular weight is 246 g/mol. The van der Waals surface area contributed by atoms with E-state index in [0.717, 1.165) is 0 Å². The Hall–Kier alpha value is -1.30. The molecule has 2 atom stereocenters. The van der Waals surface area contributed by atoms with E-state index in [1.54, 1.807) is 21.1 Å². The minimum Gasteiger partial charge on any atom is -0.480 e. The second kappa shape index (κ2) is 7.89. The number of urea groups is 1. The third-order valence-corrected chi connectivity index (χ3v) is 2.74. The molecular formula is C11H22N2O4. The number of nitrogens with zero attached hydrogens (tertiary/aromatic N) is 1. The van der Waals surface area contributed by atoms with Gasteiger partial charge in [-0.15, -0.1) is 0 Å². The molecule has 0 spiro atoms. The van der Waals surface area contributed by atoms with Gasteiger partial charge in [-0.25, -0.2) is 9.59 Å². The fourth-order valence-corrected chi connectivity index (χ4v) is 1.26. The van der Waals surface area contributed by atoms with Crippen LogP contribution in [0.5, 0.6) is 0 Å². The minimum absolute atomic E-state index is 0.104. The Morgan fingerprint density at radius 3 is 2.47 bits per heavy atom. The molecular weight excluding hydrogens is 224 g/mol. The third-order valence-electron chi connectivity index (χ3n) is 2.74. The molecule has 0 aliphatic carbocycles. The predicted molar refractivity (Wildman–Crippen MR) is 63.9 cm³/mol. The lowest BCUT2D eigenvalue weighted by Crippen LogP contribution is -2.50. The van der Waals surface area contributed by atoms with Crippen molar-refractivity contribution in [1.29, 1.82) is 0 Å². The fraction of sp³-hybridized carbons (Fsp3) is 0.818. The number of likely N-dealkylation sites (N-methyl/N-ethyl adjacent to an activating group) is 1. The van der Waals surface area contributed by atoms with E-state index < -0.39 is 18.0 Å². The number of rotatable bonds is 7. The summed E-state index contributed by atoms with van der Waals surface area (Å²) in [6.07, 6.45) is 0.693. The highest BCUT2D eigenvalue weighted by Gasteiger charge is 2.26. The SMILES string of the molecule is CCC(C)[C@H](NC(=O)N(C)CCOC)C(=O)O. The molecule has 2 amide bonds. The van der Waals surface area contributed by atoms with Gasteiger partial charge in [0, 0.05) is 20.7 Å². The quantitative estimate of drug-likeness (QED) is 0.695. The minimum atomic E-state index is -1.01. The monoisotopic (exact) mass is 246 g/mol. The molecule has 0 fully saturated rings. The first kappa shape index (κ1) is 15.7. The molecule has 100 valence electrons. The normalized spacial score (nSPS) is 13.9. The molecule has 6 heteroatoms. The molecule has 0 aromatic heterocycles. The highest BCUT2D eigenvalue weighted by Crippen LogP contribution is 2.08. The van der Waals surface area contributed by atoms with E-state index in [4.69, 9.17) is 9.84 Å². The second-order valence-corrected chi connectivity index (χ2v) is 4.07. The molecule has 0 rings (SSSR count). The molecule has 0 aromatic rings. The van der Waals surface area contributed by atoms with Crippen molar-refractivity contribution in [2.45, 2.75) is 26.3 Å². The van der Waals surface area contributed by atoms with Crippen molar-refractivity contribution in [2.75, 3.05) is 27.3 Å². The zero-order chi connectivity index (χ0) is 13.4. The molecule has 6 nitrogen and oxygen atoms in total. The summed E-state index contributed by atoms with van der Waals surface area (Å²) >= 11 is 0. The third kappa shape index (κ3) is 5.53. The summed E-state index contributed by atoms with van der Waals surface area (Å²) in [7, 11) is 3.15. The smallest absolute Gasteiger partial charge is 0.326 e. The van der Waals surface area contributed by atoms with Gasteiger partial charge in [0.15, 0.2) is 0 Å². The van der Waals surface area contributed by atoms with Crippen molar-refractivity contribution in [3.8, 4) is 0 Å². The Kier molecular flexibility index (Phi) is 7.29. The number of hydrogen-bond acceptors (Lipinski definition) is 3. The van der Waals surface area contributed by atoms with Crippen LogP contribution in [0.1, 0.15) is 20.3 Å². The number of carbonyl (C=O) groups is 2. The van der Waals surface area contributed by atoms with Crippen LogP contribution < -0.4 is 5.32 Å². The van der Waals surface area contributed by atoms with E-state index >= 15 is 0 Å². The van der Waals surface area contributed by atoms with E-state index in [0.29, 0.717) is 19.6 Å². The van der Waals surface area contributed by atoms with Gasteiger partial charge in [0.2, 0.25) is 0 Å². The molecule has 0 radical (unpaired) electrons. The summed E-state index contributed by atoms with van der Waals surface area (Å²) in [5.41, 5.74) is 0. The largest absolute Gasteiger partial charge is 0.480 e. The number of ether oxygens (including phenoxy) is 1. The van der Waals surface area contributed by atoms with E-state index in [2.05, 4.69) is 5.32 Å². The van der Waals surface area contributed by atoms with E-state index in [9.17, 15) is 9.59 Å². The molecule has 2 N–H and O–H groups in total. The number of amides is 2. The number of carboxylic acid groups (broad SMARTS) is 1. The fourth-order valence-electron chi connectivity index (χ4n) is 1.26. The first-order valence-corrected chi connectivity index (χ1v) is 5.67. The summed E-state index contributed by atoms with van der Waals surface area (Å²) in [6, 6.07) is -1.24. The Morgan fingerprint density at radius 1 is 1.47 bits per heavy atom. The molecule has 0 aliphatic rings. The van der Waals surface area contributed by atoms with Crippen LogP contribution in [-0.4, -0.2) is 55.4 Å². The number of nitrogens with one attached hydrogen (secondary N) is 1. The summed E-state index contributed by atoms with van der Waals surface area (Å²) in [5.74, 6) is -1.11. The molecule has 1 unspecified atom stereocenters. The average Bonchev–Trinajstić information content (AvgIpc) is 2.31. The van der Waals surface area contributed by atoms with Crippen LogP contribution in [0.4, 0.5) is 4.79 Å². The molecule has 0 saturated heterocycles. The van der Waals surface area contributed by atoms with Gasteiger partial charge in [-0.2, -0.15) is 0 Å². The first-order valence-electron chi connectivity index (χ1n) is 5.67. The van der Waals surface area contributed by atoms with Crippen molar-refractivity contribution < 1.29 is 19.4 Å². The van der Waals surface area contributed by atoms with Crippen LogP contribution in [0.25, 0.3) is 0 Å². The van der Waals surface area contributed by atoms with Crippen LogP contribution >= 0.6 is 0 Å². The Morgan fingerprint density at radius 2 is 2.06 bits per heavy atom. The van der Waals surface area contributed by atoms with E-state index in [1.807, 2.05) is 6.92 Å². The number of carboxylic acids is 1. The summed E-state index contributed by atoms with van der Waals surface area (Å²) in [4.78, 5) is 24.1. The molecule has 0 saturated carbocycles. The Balaban J connectivity index is 4.35.